The van der Waals surface area contributed by atoms with Crippen LogP contribution in [0.3, 0.4) is 0 Å². The van der Waals surface area contributed by atoms with Crippen molar-refractivity contribution in [2.24, 2.45) is 0 Å². The summed E-state index contributed by atoms with van der Waals surface area (Å²) in [6, 6.07) is 17.8. The highest BCUT2D eigenvalue weighted by atomic mass is 16.5. The molecule has 8 nitrogen and oxygen atoms in total. The fraction of sp³-hybridized carbons (Fsp3) is 0.167. The van der Waals surface area contributed by atoms with Crippen LogP contribution < -0.4 is 15.0 Å². The number of fused-ring (bicyclic) bond motifs is 3. The van der Waals surface area contributed by atoms with E-state index in [1.54, 1.807) is 48.7 Å². The second-order valence-corrected chi connectivity index (χ2v) is 7.55. The van der Waals surface area contributed by atoms with Crippen molar-refractivity contribution in [3.63, 3.8) is 0 Å². The SMILES string of the molecule is COc1ccc(NC(=O)C[C@@H]2C(=O)N(Cc3cccnc3)c3nc4ccccc4n32)cc1. The molecular weight excluding hydrogens is 406 g/mol. The molecule has 1 aliphatic rings. The average Bonchev–Trinajstić information content (AvgIpc) is 3.31. The number of anilines is 2. The van der Waals surface area contributed by atoms with Gasteiger partial charge in [-0.15, -0.1) is 0 Å². The smallest absolute Gasteiger partial charge is 0.253 e. The molecule has 2 aromatic carbocycles. The van der Waals surface area contributed by atoms with Gasteiger partial charge in [0.15, 0.2) is 0 Å². The molecule has 0 saturated carbocycles. The summed E-state index contributed by atoms with van der Waals surface area (Å²) >= 11 is 0. The summed E-state index contributed by atoms with van der Waals surface area (Å²) < 4.78 is 7.01. The van der Waals surface area contributed by atoms with Crippen LogP contribution in [0.15, 0.2) is 73.1 Å². The number of nitrogens with zero attached hydrogens (tertiary/aromatic N) is 4. The van der Waals surface area contributed by atoms with Crippen LogP contribution in [0.25, 0.3) is 11.0 Å². The Balaban J connectivity index is 1.44. The lowest BCUT2D eigenvalue weighted by Gasteiger charge is -2.16. The first-order chi connectivity index (χ1) is 15.6. The first-order valence-electron chi connectivity index (χ1n) is 10.2. The molecule has 1 N–H and O–H groups in total. The number of imidazole rings is 1. The zero-order valence-corrected chi connectivity index (χ0v) is 17.4. The van der Waals surface area contributed by atoms with Gasteiger partial charge in [0.25, 0.3) is 5.91 Å². The Morgan fingerprint density at radius 2 is 1.91 bits per heavy atom. The molecule has 0 radical (unpaired) electrons. The lowest BCUT2D eigenvalue weighted by molar-refractivity contribution is -0.124. The standard InChI is InChI=1S/C24H21N5O3/c1-32-18-10-8-17(9-11-18)26-22(30)13-21-23(31)28(15-16-5-4-12-25-14-16)24-27-19-6-2-3-7-20(19)29(21)24/h2-12,14,21H,13,15H2,1H3,(H,26,30)/t21-/m1/s1. The van der Waals surface area contributed by atoms with Crippen LogP contribution in [0.1, 0.15) is 18.0 Å². The number of pyridine rings is 1. The van der Waals surface area contributed by atoms with Crippen LogP contribution in [0.5, 0.6) is 5.75 Å². The van der Waals surface area contributed by atoms with Crippen molar-refractivity contribution in [1.29, 1.82) is 0 Å². The van der Waals surface area contributed by atoms with Crippen molar-refractivity contribution < 1.29 is 14.3 Å². The van der Waals surface area contributed by atoms with Gasteiger partial charge < -0.3 is 10.1 Å². The van der Waals surface area contributed by atoms with E-state index < -0.39 is 6.04 Å². The number of rotatable bonds is 6. The monoisotopic (exact) mass is 427 g/mol. The molecule has 0 unspecified atom stereocenters. The van der Waals surface area contributed by atoms with E-state index in [1.165, 1.54) is 0 Å². The Morgan fingerprint density at radius 1 is 1.09 bits per heavy atom. The number of aromatic nitrogens is 3. The molecule has 3 heterocycles. The predicted octanol–water partition coefficient (Wildman–Crippen LogP) is 3.56. The lowest BCUT2D eigenvalue weighted by Crippen LogP contribution is -2.31. The summed E-state index contributed by atoms with van der Waals surface area (Å²) in [7, 11) is 1.59. The molecule has 0 fully saturated rings. The van der Waals surface area contributed by atoms with Gasteiger partial charge in [-0.3, -0.25) is 24.0 Å². The number of hydrogen-bond donors (Lipinski definition) is 1. The maximum absolute atomic E-state index is 13.4. The van der Waals surface area contributed by atoms with Crippen LogP contribution in [0.4, 0.5) is 11.6 Å². The predicted molar refractivity (Wildman–Crippen MR) is 120 cm³/mol. The lowest BCUT2D eigenvalue weighted by atomic mass is 10.1. The largest absolute Gasteiger partial charge is 0.497 e. The van der Waals surface area contributed by atoms with Crippen LogP contribution in [0.2, 0.25) is 0 Å². The number of para-hydroxylation sites is 2. The summed E-state index contributed by atoms with van der Waals surface area (Å²) in [5.74, 6) is 0.837. The summed E-state index contributed by atoms with van der Waals surface area (Å²) in [4.78, 5) is 36.7. The van der Waals surface area contributed by atoms with Crippen molar-refractivity contribution in [3.05, 3.63) is 78.6 Å². The van der Waals surface area contributed by atoms with E-state index in [2.05, 4.69) is 15.3 Å². The minimum absolute atomic E-state index is 0.00174. The van der Waals surface area contributed by atoms with Gasteiger partial charge in [-0.25, -0.2) is 4.98 Å². The first-order valence-corrected chi connectivity index (χ1v) is 10.2. The Hall–Kier alpha value is -4.20. The number of ether oxygens (including phenoxy) is 1. The van der Waals surface area contributed by atoms with Crippen molar-refractivity contribution in [2.75, 3.05) is 17.3 Å². The second kappa shape index (κ2) is 8.14. The zero-order chi connectivity index (χ0) is 22.1. The van der Waals surface area contributed by atoms with Crippen molar-refractivity contribution in [2.45, 2.75) is 19.0 Å². The molecule has 160 valence electrons. The molecule has 0 saturated heterocycles. The normalized spacial score (nSPS) is 15.1. The number of hydrogen-bond acceptors (Lipinski definition) is 5. The van der Waals surface area contributed by atoms with Gasteiger partial charge in [0.1, 0.15) is 11.8 Å². The minimum atomic E-state index is -0.674. The molecule has 4 aromatic rings. The topological polar surface area (TPSA) is 89.3 Å². The molecule has 8 heteroatoms. The van der Waals surface area contributed by atoms with E-state index in [0.29, 0.717) is 23.9 Å². The molecule has 1 aliphatic heterocycles. The Morgan fingerprint density at radius 3 is 2.66 bits per heavy atom. The van der Waals surface area contributed by atoms with Gasteiger partial charge in [-0.1, -0.05) is 18.2 Å². The van der Waals surface area contributed by atoms with Gasteiger partial charge in [0.05, 0.1) is 31.1 Å². The van der Waals surface area contributed by atoms with E-state index in [-0.39, 0.29) is 18.2 Å². The van der Waals surface area contributed by atoms with Gasteiger partial charge in [-0.2, -0.15) is 0 Å². The fourth-order valence-corrected chi connectivity index (χ4v) is 3.98. The summed E-state index contributed by atoms with van der Waals surface area (Å²) in [6.45, 7) is 0.340. The van der Waals surface area contributed by atoms with Gasteiger partial charge in [0.2, 0.25) is 11.9 Å². The van der Waals surface area contributed by atoms with E-state index in [4.69, 9.17) is 4.74 Å². The number of nitrogens with one attached hydrogen (secondary N) is 1. The maximum atomic E-state index is 13.4. The van der Waals surface area contributed by atoms with E-state index in [0.717, 1.165) is 16.6 Å². The molecule has 32 heavy (non-hydrogen) atoms. The van der Waals surface area contributed by atoms with Crippen LogP contribution >= 0.6 is 0 Å². The van der Waals surface area contributed by atoms with Gasteiger partial charge in [0, 0.05) is 18.1 Å². The fourth-order valence-electron chi connectivity index (χ4n) is 3.98. The minimum Gasteiger partial charge on any atom is -0.497 e. The average molecular weight is 427 g/mol. The van der Waals surface area contributed by atoms with Crippen LogP contribution in [0, 0.1) is 0 Å². The highest BCUT2D eigenvalue weighted by Crippen LogP contribution is 2.37. The highest BCUT2D eigenvalue weighted by Gasteiger charge is 2.40. The van der Waals surface area contributed by atoms with Crippen molar-refractivity contribution in [3.8, 4) is 5.75 Å². The zero-order valence-electron chi connectivity index (χ0n) is 17.4. The molecule has 0 bridgehead atoms. The Kier molecular flexibility index (Phi) is 5.03. The summed E-state index contributed by atoms with van der Waals surface area (Å²) in [6.07, 6.45) is 3.42. The molecule has 0 aliphatic carbocycles. The molecular formula is C24H21N5O3. The quantitative estimate of drug-likeness (QED) is 0.508. The third kappa shape index (κ3) is 3.56. The molecule has 2 amide bonds. The number of methoxy groups -OCH3 is 1. The second-order valence-electron chi connectivity index (χ2n) is 7.55. The van der Waals surface area contributed by atoms with Gasteiger partial charge in [-0.05, 0) is 48.0 Å². The number of carbonyl (C=O) groups is 2. The summed E-state index contributed by atoms with van der Waals surface area (Å²) in [5.41, 5.74) is 3.14. The Bertz CT molecular complexity index is 1280. The number of amides is 2. The van der Waals surface area contributed by atoms with Crippen molar-refractivity contribution >= 4 is 34.5 Å². The third-order valence-corrected chi connectivity index (χ3v) is 5.50. The Labute approximate surface area is 184 Å². The van der Waals surface area contributed by atoms with E-state index in [9.17, 15) is 9.59 Å². The third-order valence-electron chi connectivity index (χ3n) is 5.50. The molecule has 5 rings (SSSR count). The summed E-state index contributed by atoms with van der Waals surface area (Å²) in [5, 5.41) is 2.87. The van der Waals surface area contributed by atoms with Crippen LogP contribution in [-0.4, -0.2) is 33.5 Å². The van der Waals surface area contributed by atoms with Crippen molar-refractivity contribution in [1.82, 2.24) is 14.5 Å². The van der Waals surface area contributed by atoms with E-state index >= 15 is 0 Å². The number of benzene rings is 2. The highest BCUT2D eigenvalue weighted by molar-refractivity contribution is 6.05. The molecule has 1 atom stereocenters. The first kappa shape index (κ1) is 19.7. The number of carbonyl (C=O) groups excluding carboxylic acids is 2. The van der Waals surface area contributed by atoms with Gasteiger partial charge >= 0.3 is 0 Å². The van der Waals surface area contributed by atoms with Crippen LogP contribution in [-0.2, 0) is 16.1 Å². The molecule has 0 spiro atoms. The van der Waals surface area contributed by atoms with E-state index in [1.807, 2.05) is 41.0 Å². The molecule has 2 aromatic heterocycles. The maximum Gasteiger partial charge on any atom is 0.253 e.